The lowest BCUT2D eigenvalue weighted by Gasteiger charge is -2.14. The maximum absolute atomic E-state index is 13.7. The van der Waals surface area contributed by atoms with Crippen LogP contribution in [0.15, 0.2) is 42.5 Å². The zero-order chi connectivity index (χ0) is 15.2. The molecule has 2 aromatic carbocycles. The van der Waals surface area contributed by atoms with E-state index in [1.165, 1.54) is 6.07 Å². The van der Waals surface area contributed by atoms with Gasteiger partial charge in [-0.25, -0.2) is 4.39 Å². The maximum atomic E-state index is 13.7. The quantitative estimate of drug-likeness (QED) is 0.862. The van der Waals surface area contributed by atoms with Gasteiger partial charge in [0.1, 0.15) is 18.2 Å². The number of nitrogens with two attached hydrogens (primary N) is 1. The predicted octanol–water partition coefficient (Wildman–Crippen LogP) is 2.92. The summed E-state index contributed by atoms with van der Waals surface area (Å²) in [6.07, 6.45) is 0.484. The summed E-state index contributed by atoms with van der Waals surface area (Å²) in [6, 6.07) is 11.5. The Morgan fingerprint density at radius 2 is 1.95 bits per heavy atom. The number of benzene rings is 2. The molecule has 3 nitrogen and oxygen atoms in total. The Bertz CT molecular complexity index is 586. The highest BCUT2D eigenvalue weighted by Gasteiger charge is 2.11. The van der Waals surface area contributed by atoms with Gasteiger partial charge in [0.05, 0.1) is 11.6 Å². The van der Waals surface area contributed by atoms with E-state index >= 15 is 0 Å². The molecular formula is C16H17ClFNO2. The van der Waals surface area contributed by atoms with Crippen molar-refractivity contribution < 1.29 is 14.2 Å². The highest BCUT2D eigenvalue weighted by Crippen LogP contribution is 2.24. The second-order valence-electron chi connectivity index (χ2n) is 4.74. The van der Waals surface area contributed by atoms with Crippen molar-refractivity contribution in [3.05, 3.63) is 64.4 Å². The number of hydrogen-bond donors (Lipinski definition) is 2. The molecule has 0 saturated heterocycles. The molecule has 5 heteroatoms. The Hall–Kier alpha value is -1.62. The molecule has 1 atom stereocenters. The van der Waals surface area contributed by atoms with Crippen LogP contribution >= 0.6 is 11.6 Å². The van der Waals surface area contributed by atoms with E-state index < -0.39 is 5.82 Å². The average Bonchev–Trinajstić information content (AvgIpc) is 2.48. The molecule has 0 spiro atoms. The molecule has 0 radical (unpaired) electrons. The largest absolute Gasteiger partial charge is 0.488 e. The van der Waals surface area contributed by atoms with Crippen LogP contribution in [0.25, 0.3) is 0 Å². The molecule has 0 fully saturated rings. The van der Waals surface area contributed by atoms with Crippen LogP contribution in [0.2, 0.25) is 5.02 Å². The van der Waals surface area contributed by atoms with Crippen LogP contribution in [0.4, 0.5) is 4.39 Å². The van der Waals surface area contributed by atoms with E-state index in [0.717, 1.165) is 5.56 Å². The van der Waals surface area contributed by atoms with E-state index in [1.54, 1.807) is 18.2 Å². The number of aliphatic hydroxyl groups excluding tert-OH is 1. The number of rotatable bonds is 6. The number of aliphatic hydroxyl groups is 1. The molecule has 0 saturated carbocycles. The summed E-state index contributed by atoms with van der Waals surface area (Å²) in [7, 11) is 0. The van der Waals surface area contributed by atoms with Crippen LogP contribution in [0.3, 0.4) is 0 Å². The van der Waals surface area contributed by atoms with Crippen molar-refractivity contribution in [2.45, 2.75) is 19.1 Å². The van der Waals surface area contributed by atoms with E-state index in [4.69, 9.17) is 27.2 Å². The lowest BCUT2D eigenvalue weighted by atomic mass is 10.1. The lowest BCUT2D eigenvalue weighted by molar-refractivity contribution is 0.261. The number of para-hydroxylation sites is 1. The topological polar surface area (TPSA) is 55.5 Å². The first kappa shape index (κ1) is 15.8. The van der Waals surface area contributed by atoms with Gasteiger partial charge in [0, 0.05) is 11.6 Å². The normalized spacial score (nSPS) is 12.2. The second-order valence-corrected chi connectivity index (χ2v) is 5.15. The first-order valence-corrected chi connectivity index (χ1v) is 6.99. The van der Waals surface area contributed by atoms with Gasteiger partial charge in [-0.1, -0.05) is 35.9 Å². The fourth-order valence-corrected chi connectivity index (χ4v) is 2.20. The van der Waals surface area contributed by atoms with Crippen molar-refractivity contribution in [2.24, 2.45) is 5.73 Å². The molecule has 1 unspecified atom stereocenters. The lowest BCUT2D eigenvalue weighted by Crippen LogP contribution is -2.27. The Morgan fingerprint density at radius 1 is 1.19 bits per heavy atom. The van der Waals surface area contributed by atoms with Crippen molar-refractivity contribution in [2.75, 3.05) is 6.61 Å². The van der Waals surface area contributed by atoms with Crippen molar-refractivity contribution in [1.29, 1.82) is 0 Å². The molecule has 0 heterocycles. The molecule has 0 aliphatic rings. The molecular weight excluding hydrogens is 293 g/mol. The van der Waals surface area contributed by atoms with Crippen LogP contribution < -0.4 is 10.5 Å². The minimum Gasteiger partial charge on any atom is -0.488 e. The molecule has 3 N–H and O–H groups in total. The number of halogens is 2. The molecule has 0 aliphatic carbocycles. The van der Waals surface area contributed by atoms with E-state index in [0.29, 0.717) is 22.8 Å². The van der Waals surface area contributed by atoms with Gasteiger partial charge >= 0.3 is 0 Å². The summed E-state index contributed by atoms with van der Waals surface area (Å²) in [5.74, 6) is 0.216. The smallest absolute Gasteiger partial charge is 0.131 e. The van der Waals surface area contributed by atoms with Gasteiger partial charge in [-0.3, -0.25) is 0 Å². The van der Waals surface area contributed by atoms with Gasteiger partial charge in [0.2, 0.25) is 0 Å². The fraction of sp³-hybridized carbons (Fsp3) is 0.250. The second kappa shape index (κ2) is 7.41. The van der Waals surface area contributed by atoms with E-state index in [9.17, 15) is 4.39 Å². The predicted molar refractivity (Wildman–Crippen MR) is 80.9 cm³/mol. The number of hydrogen-bond acceptors (Lipinski definition) is 3. The third-order valence-corrected chi connectivity index (χ3v) is 3.48. The monoisotopic (exact) mass is 309 g/mol. The van der Waals surface area contributed by atoms with Crippen LogP contribution in [-0.2, 0) is 13.0 Å². The first-order valence-electron chi connectivity index (χ1n) is 6.62. The highest BCUT2D eigenvalue weighted by molar-refractivity contribution is 6.31. The Labute approximate surface area is 128 Å². The zero-order valence-electron chi connectivity index (χ0n) is 11.4. The summed E-state index contributed by atoms with van der Waals surface area (Å²) in [5.41, 5.74) is 6.93. The van der Waals surface area contributed by atoms with Crippen LogP contribution in [0, 0.1) is 5.82 Å². The zero-order valence-corrected chi connectivity index (χ0v) is 12.2. The van der Waals surface area contributed by atoms with Crippen molar-refractivity contribution in [3.8, 4) is 5.75 Å². The average molecular weight is 310 g/mol. The maximum Gasteiger partial charge on any atom is 0.131 e. The van der Waals surface area contributed by atoms with Crippen molar-refractivity contribution >= 4 is 11.6 Å². The van der Waals surface area contributed by atoms with E-state index in [1.807, 2.05) is 18.2 Å². The standard InChI is InChI=1S/C16H17ClFNO2/c17-14-5-3-6-15(18)13(14)10-21-16-7-2-1-4-11(16)8-12(19)9-20/h1-7,12,20H,8-10,19H2. The fourth-order valence-electron chi connectivity index (χ4n) is 1.98. The first-order chi connectivity index (χ1) is 10.1. The molecule has 112 valence electrons. The molecule has 0 aromatic heterocycles. The summed E-state index contributed by atoms with van der Waals surface area (Å²) >= 11 is 5.97. The summed E-state index contributed by atoms with van der Waals surface area (Å²) in [5, 5.41) is 9.37. The molecule has 0 amide bonds. The Balaban J connectivity index is 2.13. The summed E-state index contributed by atoms with van der Waals surface area (Å²) < 4.78 is 19.4. The third kappa shape index (κ3) is 4.17. The molecule has 0 aliphatic heterocycles. The van der Waals surface area contributed by atoms with Crippen molar-refractivity contribution in [3.63, 3.8) is 0 Å². The number of ether oxygens (including phenoxy) is 1. The Kier molecular flexibility index (Phi) is 5.56. The SMILES string of the molecule is NC(CO)Cc1ccccc1OCc1c(F)cccc1Cl. The van der Waals surface area contributed by atoms with Gasteiger partial charge < -0.3 is 15.6 Å². The van der Waals surface area contributed by atoms with Gasteiger partial charge in [-0.15, -0.1) is 0 Å². The van der Waals surface area contributed by atoms with Crippen LogP contribution in [-0.4, -0.2) is 17.8 Å². The van der Waals surface area contributed by atoms with Crippen molar-refractivity contribution in [1.82, 2.24) is 0 Å². The van der Waals surface area contributed by atoms with Gasteiger partial charge in [-0.2, -0.15) is 0 Å². The summed E-state index contributed by atoms with van der Waals surface area (Å²) in [4.78, 5) is 0. The van der Waals surface area contributed by atoms with E-state index in [-0.39, 0.29) is 19.3 Å². The highest BCUT2D eigenvalue weighted by atomic mass is 35.5. The molecule has 0 bridgehead atoms. The minimum absolute atomic E-state index is 0.0386. The van der Waals surface area contributed by atoms with E-state index in [2.05, 4.69) is 0 Å². The summed E-state index contributed by atoms with van der Waals surface area (Å²) in [6.45, 7) is -0.0651. The molecule has 2 aromatic rings. The van der Waals surface area contributed by atoms with Gasteiger partial charge in [0.15, 0.2) is 0 Å². The van der Waals surface area contributed by atoms with Gasteiger partial charge in [0.25, 0.3) is 0 Å². The van der Waals surface area contributed by atoms with Gasteiger partial charge in [-0.05, 0) is 30.2 Å². The minimum atomic E-state index is -0.396. The third-order valence-electron chi connectivity index (χ3n) is 3.12. The Morgan fingerprint density at radius 3 is 2.67 bits per heavy atom. The van der Waals surface area contributed by atoms with Crippen LogP contribution in [0.5, 0.6) is 5.75 Å². The molecule has 21 heavy (non-hydrogen) atoms. The molecule has 2 rings (SSSR count). The van der Waals surface area contributed by atoms with Crippen LogP contribution in [0.1, 0.15) is 11.1 Å².